The summed E-state index contributed by atoms with van der Waals surface area (Å²) in [6, 6.07) is 14.7. The van der Waals surface area contributed by atoms with Gasteiger partial charge in [-0.1, -0.05) is 17.2 Å². The molecule has 1 saturated heterocycles. The first-order chi connectivity index (χ1) is 12.7. The Bertz CT molecular complexity index is 861. The van der Waals surface area contributed by atoms with E-state index in [1.807, 2.05) is 0 Å². The van der Waals surface area contributed by atoms with Crippen LogP contribution in [0.2, 0.25) is 0 Å². The molecule has 6 heteroatoms. The Morgan fingerprint density at radius 3 is 2.38 bits per heavy atom. The SMILES string of the molecule is Cc1cc(C)cc(-c2nc(Nc3ccc(N4CCOCC4)cc3)n[nH]2)c1. The fourth-order valence-corrected chi connectivity index (χ4v) is 3.26. The summed E-state index contributed by atoms with van der Waals surface area (Å²) in [7, 11) is 0. The van der Waals surface area contributed by atoms with Gasteiger partial charge in [0.25, 0.3) is 0 Å². The number of hydrogen-bond acceptors (Lipinski definition) is 5. The van der Waals surface area contributed by atoms with Crippen LogP contribution in [0.15, 0.2) is 42.5 Å². The van der Waals surface area contributed by atoms with E-state index in [1.54, 1.807) is 0 Å². The van der Waals surface area contributed by atoms with Crippen LogP contribution in [-0.4, -0.2) is 41.5 Å². The number of anilines is 3. The number of aryl methyl sites for hydroxylation is 2. The Morgan fingerprint density at radius 1 is 1.00 bits per heavy atom. The molecule has 1 fully saturated rings. The maximum atomic E-state index is 5.40. The Labute approximate surface area is 153 Å². The average Bonchev–Trinajstić information content (AvgIpc) is 3.11. The van der Waals surface area contributed by atoms with Gasteiger partial charge >= 0.3 is 0 Å². The molecule has 0 saturated carbocycles. The van der Waals surface area contributed by atoms with Crippen molar-refractivity contribution in [1.82, 2.24) is 15.2 Å². The van der Waals surface area contributed by atoms with Gasteiger partial charge in [0.15, 0.2) is 5.82 Å². The van der Waals surface area contributed by atoms with Crippen LogP contribution in [0.5, 0.6) is 0 Å². The number of morpholine rings is 1. The number of hydrogen-bond donors (Lipinski definition) is 2. The van der Waals surface area contributed by atoms with Crippen LogP contribution in [0.1, 0.15) is 11.1 Å². The molecular formula is C20H23N5O. The Balaban J connectivity index is 1.47. The maximum absolute atomic E-state index is 5.40. The molecule has 2 aromatic carbocycles. The number of benzene rings is 2. The monoisotopic (exact) mass is 349 g/mol. The summed E-state index contributed by atoms with van der Waals surface area (Å²) in [5.74, 6) is 1.34. The molecule has 26 heavy (non-hydrogen) atoms. The van der Waals surface area contributed by atoms with E-state index in [0.29, 0.717) is 5.95 Å². The minimum Gasteiger partial charge on any atom is -0.378 e. The zero-order valence-electron chi connectivity index (χ0n) is 15.1. The summed E-state index contributed by atoms with van der Waals surface area (Å²) in [6.07, 6.45) is 0. The van der Waals surface area contributed by atoms with Crippen LogP contribution in [-0.2, 0) is 4.74 Å². The molecule has 0 unspecified atom stereocenters. The van der Waals surface area contributed by atoms with Gasteiger partial charge in [-0.15, -0.1) is 5.10 Å². The lowest BCUT2D eigenvalue weighted by Crippen LogP contribution is -2.36. The highest BCUT2D eigenvalue weighted by Gasteiger charge is 2.11. The Morgan fingerprint density at radius 2 is 1.69 bits per heavy atom. The second-order valence-electron chi connectivity index (χ2n) is 6.66. The standard InChI is InChI=1S/C20H23N5O/c1-14-11-15(2)13-16(12-14)19-22-20(24-23-19)21-17-3-5-18(6-4-17)25-7-9-26-10-8-25/h3-6,11-13H,7-10H2,1-2H3,(H2,21,22,23,24). The van der Waals surface area contributed by atoms with Gasteiger partial charge in [-0.2, -0.15) is 4.98 Å². The molecule has 134 valence electrons. The first-order valence-corrected chi connectivity index (χ1v) is 8.88. The van der Waals surface area contributed by atoms with E-state index in [1.165, 1.54) is 16.8 Å². The van der Waals surface area contributed by atoms with Crippen molar-refractivity contribution in [3.05, 3.63) is 53.6 Å². The van der Waals surface area contributed by atoms with Crippen molar-refractivity contribution in [2.45, 2.75) is 13.8 Å². The molecule has 4 rings (SSSR count). The second-order valence-corrected chi connectivity index (χ2v) is 6.66. The minimum absolute atomic E-state index is 0.568. The largest absolute Gasteiger partial charge is 0.378 e. The minimum atomic E-state index is 0.568. The van der Waals surface area contributed by atoms with Gasteiger partial charge in [0, 0.05) is 30.0 Å². The van der Waals surface area contributed by atoms with Gasteiger partial charge in [-0.25, -0.2) is 0 Å². The van der Waals surface area contributed by atoms with Crippen LogP contribution in [0.3, 0.4) is 0 Å². The third-order valence-corrected chi connectivity index (χ3v) is 4.48. The van der Waals surface area contributed by atoms with Crippen LogP contribution >= 0.6 is 0 Å². The Kier molecular flexibility index (Phi) is 4.58. The molecule has 0 bridgehead atoms. The van der Waals surface area contributed by atoms with Crippen molar-refractivity contribution in [1.29, 1.82) is 0 Å². The zero-order valence-corrected chi connectivity index (χ0v) is 15.1. The predicted octanol–water partition coefficient (Wildman–Crippen LogP) is 3.67. The number of nitrogens with zero attached hydrogens (tertiary/aromatic N) is 3. The lowest BCUT2D eigenvalue weighted by molar-refractivity contribution is 0.122. The molecule has 6 nitrogen and oxygen atoms in total. The highest BCUT2D eigenvalue weighted by molar-refractivity contribution is 5.62. The van der Waals surface area contributed by atoms with Crippen molar-refractivity contribution in [3.63, 3.8) is 0 Å². The van der Waals surface area contributed by atoms with Crippen molar-refractivity contribution in [2.24, 2.45) is 0 Å². The summed E-state index contributed by atoms with van der Waals surface area (Å²) in [6.45, 7) is 7.63. The van der Waals surface area contributed by atoms with E-state index in [9.17, 15) is 0 Å². The van der Waals surface area contributed by atoms with Crippen molar-refractivity contribution < 1.29 is 4.74 Å². The van der Waals surface area contributed by atoms with Crippen molar-refractivity contribution >= 4 is 17.3 Å². The summed E-state index contributed by atoms with van der Waals surface area (Å²) in [5.41, 5.74) is 5.65. The maximum Gasteiger partial charge on any atom is 0.246 e. The second kappa shape index (κ2) is 7.17. The first kappa shape index (κ1) is 16.6. The van der Waals surface area contributed by atoms with Gasteiger partial charge in [-0.3, -0.25) is 5.10 Å². The zero-order chi connectivity index (χ0) is 17.9. The predicted molar refractivity (Wildman–Crippen MR) is 104 cm³/mol. The number of nitrogens with one attached hydrogen (secondary N) is 2. The highest BCUT2D eigenvalue weighted by atomic mass is 16.5. The van der Waals surface area contributed by atoms with Crippen LogP contribution in [0.25, 0.3) is 11.4 Å². The number of aromatic amines is 1. The van der Waals surface area contributed by atoms with Gasteiger partial charge in [0.05, 0.1) is 13.2 Å². The molecule has 0 aliphatic carbocycles. The molecule has 2 heterocycles. The number of rotatable bonds is 4. The summed E-state index contributed by atoms with van der Waals surface area (Å²) in [4.78, 5) is 6.90. The van der Waals surface area contributed by atoms with Crippen LogP contribution in [0.4, 0.5) is 17.3 Å². The van der Waals surface area contributed by atoms with Gasteiger partial charge in [0.1, 0.15) is 0 Å². The summed E-state index contributed by atoms with van der Waals surface area (Å²) >= 11 is 0. The molecule has 1 aliphatic rings. The molecular weight excluding hydrogens is 326 g/mol. The molecule has 0 spiro atoms. The fourth-order valence-electron chi connectivity index (χ4n) is 3.26. The molecule has 2 N–H and O–H groups in total. The highest BCUT2D eigenvalue weighted by Crippen LogP contribution is 2.23. The third-order valence-electron chi connectivity index (χ3n) is 4.48. The van der Waals surface area contributed by atoms with Gasteiger partial charge < -0.3 is 15.0 Å². The van der Waals surface area contributed by atoms with Crippen molar-refractivity contribution in [3.8, 4) is 11.4 Å². The van der Waals surface area contributed by atoms with E-state index >= 15 is 0 Å². The van der Waals surface area contributed by atoms with Crippen LogP contribution in [0, 0.1) is 13.8 Å². The average molecular weight is 349 g/mol. The number of aromatic nitrogens is 3. The van der Waals surface area contributed by atoms with E-state index in [2.05, 4.69) is 81.7 Å². The molecule has 0 amide bonds. The van der Waals surface area contributed by atoms with Crippen LogP contribution < -0.4 is 10.2 Å². The Hall–Kier alpha value is -2.86. The first-order valence-electron chi connectivity index (χ1n) is 8.88. The normalized spacial score (nSPS) is 14.5. The number of ether oxygens (including phenoxy) is 1. The summed E-state index contributed by atoms with van der Waals surface area (Å²) < 4.78 is 5.40. The van der Waals surface area contributed by atoms with E-state index in [4.69, 9.17) is 4.74 Å². The van der Waals surface area contributed by atoms with Gasteiger partial charge in [-0.05, 0) is 50.2 Å². The number of H-pyrrole nitrogens is 1. The molecule has 1 aromatic heterocycles. The quantitative estimate of drug-likeness (QED) is 0.752. The third kappa shape index (κ3) is 3.70. The molecule has 0 atom stereocenters. The van der Waals surface area contributed by atoms with Gasteiger partial charge in [0.2, 0.25) is 5.95 Å². The lowest BCUT2D eigenvalue weighted by atomic mass is 10.1. The molecule has 0 radical (unpaired) electrons. The molecule has 1 aliphatic heterocycles. The topological polar surface area (TPSA) is 66.1 Å². The van der Waals surface area contributed by atoms with E-state index in [0.717, 1.165) is 43.4 Å². The molecule has 3 aromatic rings. The van der Waals surface area contributed by atoms with E-state index in [-0.39, 0.29) is 0 Å². The lowest BCUT2D eigenvalue weighted by Gasteiger charge is -2.28. The smallest absolute Gasteiger partial charge is 0.246 e. The van der Waals surface area contributed by atoms with Crippen molar-refractivity contribution in [2.75, 3.05) is 36.5 Å². The van der Waals surface area contributed by atoms with E-state index < -0.39 is 0 Å². The summed E-state index contributed by atoms with van der Waals surface area (Å²) in [5, 5.41) is 10.6. The fraction of sp³-hybridized carbons (Fsp3) is 0.300.